The fourth-order valence-electron chi connectivity index (χ4n) is 1.64. The molecule has 0 spiro atoms. The van der Waals surface area contributed by atoms with Crippen molar-refractivity contribution in [2.45, 2.75) is 38.7 Å². The van der Waals surface area contributed by atoms with Crippen LogP contribution >= 0.6 is 0 Å². The first kappa shape index (κ1) is 12.5. The molecule has 2 N–H and O–H groups in total. The predicted octanol–water partition coefficient (Wildman–Crippen LogP) is 0.671. The van der Waals surface area contributed by atoms with Crippen LogP contribution in [0.4, 0.5) is 0 Å². The topological polar surface area (TPSA) is 50.4 Å². The van der Waals surface area contributed by atoms with E-state index in [2.05, 4.69) is 10.6 Å². The van der Waals surface area contributed by atoms with Crippen molar-refractivity contribution in [1.29, 1.82) is 0 Å². The molecule has 0 radical (unpaired) electrons. The first-order valence-electron chi connectivity index (χ1n) is 5.92. The van der Waals surface area contributed by atoms with Gasteiger partial charge in [0.15, 0.2) is 0 Å². The van der Waals surface area contributed by atoms with Gasteiger partial charge in [-0.25, -0.2) is 0 Å². The number of carbonyl (C=O) groups excluding carboxylic acids is 1. The number of hydrogen-bond acceptors (Lipinski definition) is 3. The van der Waals surface area contributed by atoms with Crippen LogP contribution in [-0.4, -0.2) is 38.3 Å². The minimum atomic E-state index is 0.122. The highest BCUT2D eigenvalue weighted by atomic mass is 16.5. The lowest BCUT2D eigenvalue weighted by molar-refractivity contribution is -0.120. The van der Waals surface area contributed by atoms with Gasteiger partial charge in [0.2, 0.25) is 5.91 Å². The van der Waals surface area contributed by atoms with Crippen LogP contribution in [0.15, 0.2) is 0 Å². The van der Waals surface area contributed by atoms with E-state index in [1.807, 2.05) is 6.92 Å². The Kier molecular flexibility index (Phi) is 6.36. The largest absolute Gasteiger partial charge is 0.378 e. The molecule has 0 aromatic rings. The maximum Gasteiger partial charge on any atom is 0.219 e. The molecule has 1 heterocycles. The van der Waals surface area contributed by atoms with Crippen LogP contribution < -0.4 is 10.6 Å². The molecule has 1 amide bonds. The van der Waals surface area contributed by atoms with Gasteiger partial charge in [-0.05, 0) is 32.4 Å². The van der Waals surface area contributed by atoms with E-state index >= 15 is 0 Å². The first-order chi connectivity index (χ1) is 7.33. The van der Waals surface area contributed by atoms with Crippen LogP contribution in [0.2, 0.25) is 0 Å². The van der Waals surface area contributed by atoms with Crippen LogP contribution in [0.5, 0.6) is 0 Å². The number of amides is 1. The predicted molar refractivity (Wildman–Crippen MR) is 59.8 cm³/mol. The second-order valence-electron chi connectivity index (χ2n) is 3.88. The molecule has 0 unspecified atom stereocenters. The zero-order valence-electron chi connectivity index (χ0n) is 9.55. The average Bonchev–Trinajstić information content (AvgIpc) is 2.29. The molecule has 0 bridgehead atoms. The molecule has 15 heavy (non-hydrogen) atoms. The summed E-state index contributed by atoms with van der Waals surface area (Å²) in [6, 6.07) is 0. The third-order valence-electron chi connectivity index (χ3n) is 2.60. The summed E-state index contributed by atoms with van der Waals surface area (Å²) in [4.78, 5) is 10.9. The Morgan fingerprint density at radius 1 is 1.47 bits per heavy atom. The van der Waals surface area contributed by atoms with Crippen LogP contribution in [0.1, 0.15) is 32.6 Å². The van der Waals surface area contributed by atoms with Gasteiger partial charge in [-0.3, -0.25) is 4.79 Å². The van der Waals surface area contributed by atoms with Gasteiger partial charge in [0, 0.05) is 19.6 Å². The van der Waals surface area contributed by atoms with Crippen molar-refractivity contribution in [3.63, 3.8) is 0 Å². The number of piperidine rings is 1. The van der Waals surface area contributed by atoms with E-state index in [-0.39, 0.29) is 5.91 Å². The molecule has 1 fully saturated rings. The minimum Gasteiger partial charge on any atom is -0.378 e. The summed E-state index contributed by atoms with van der Waals surface area (Å²) in [7, 11) is 0. The molecular weight excluding hydrogens is 192 g/mol. The van der Waals surface area contributed by atoms with E-state index in [1.54, 1.807) is 0 Å². The monoisotopic (exact) mass is 214 g/mol. The average molecular weight is 214 g/mol. The zero-order chi connectivity index (χ0) is 10.9. The van der Waals surface area contributed by atoms with Gasteiger partial charge in [0.1, 0.15) is 0 Å². The third kappa shape index (κ3) is 5.74. The SMILES string of the molecule is CCC(=O)NCCCOC1CCNCC1. The summed E-state index contributed by atoms with van der Waals surface area (Å²) in [6.45, 7) is 5.49. The molecule has 88 valence electrons. The van der Waals surface area contributed by atoms with E-state index in [0.717, 1.165) is 45.5 Å². The van der Waals surface area contributed by atoms with Crippen molar-refractivity contribution in [2.24, 2.45) is 0 Å². The van der Waals surface area contributed by atoms with Crippen LogP contribution in [-0.2, 0) is 9.53 Å². The molecule has 4 nitrogen and oxygen atoms in total. The second-order valence-corrected chi connectivity index (χ2v) is 3.88. The molecule has 1 saturated heterocycles. The molecule has 1 rings (SSSR count). The molecule has 0 atom stereocenters. The molecule has 0 saturated carbocycles. The van der Waals surface area contributed by atoms with Crippen molar-refractivity contribution in [3.8, 4) is 0 Å². The molecule has 0 aromatic heterocycles. The summed E-state index contributed by atoms with van der Waals surface area (Å²) in [5, 5.41) is 6.14. The highest BCUT2D eigenvalue weighted by Crippen LogP contribution is 2.06. The van der Waals surface area contributed by atoms with E-state index < -0.39 is 0 Å². The minimum absolute atomic E-state index is 0.122. The van der Waals surface area contributed by atoms with Gasteiger partial charge in [0.05, 0.1) is 6.10 Å². The number of carbonyl (C=O) groups is 1. The van der Waals surface area contributed by atoms with Crippen molar-refractivity contribution >= 4 is 5.91 Å². The Morgan fingerprint density at radius 2 is 2.20 bits per heavy atom. The molecule has 1 aliphatic rings. The van der Waals surface area contributed by atoms with E-state index in [4.69, 9.17) is 4.74 Å². The summed E-state index contributed by atoms with van der Waals surface area (Å²) < 4.78 is 5.71. The highest BCUT2D eigenvalue weighted by Gasteiger charge is 2.12. The number of nitrogens with one attached hydrogen (secondary N) is 2. The van der Waals surface area contributed by atoms with Crippen molar-refractivity contribution in [1.82, 2.24) is 10.6 Å². The maximum atomic E-state index is 10.9. The lowest BCUT2D eigenvalue weighted by Crippen LogP contribution is -2.33. The fraction of sp³-hybridized carbons (Fsp3) is 0.909. The smallest absolute Gasteiger partial charge is 0.219 e. The van der Waals surface area contributed by atoms with Gasteiger partial charge >= 0.3 is 0 Å². The molecular formula is C11H22N2O2. The van der Waals surface area contributed by atoms with Gasteiger partial charge in [0.25, 0.3) is 0 Å². The first-order valence-corrected chi connectivity index (χ1v) is 5.92. The Morgan fingerprint density at radius 3 is 2.87 bits per heavy atom. The fourth-order valence-corrected chi connectivity index (χ4v) is 1.64. The summed E-state index contributed by atoms with van der Waals surface area (Å²) in [6.07, 6.45) is 4.13. The van der Waals surface area contributed by atoms with Crippen molar-refractivity contribution in [3.05, 3.63) is 0 Å². The molecule has 0 aromatic carbocycles. The van der Waals surface area contributed by atoms with Crippen LogP contribution in [0.3, 0.4) is 0 Å². The Balaban J connectivity index is 1.89. The number of ether oxygens (including phenoxy) is 1. The number of hydrogen-bond donors (Lipinski definition) is 2. The summed E-state index contributed by atoms with van der Waals surface area (Å²) in [5.41, 5.74) is 0. The van der Waals surface area contributed by atoms with Gasteiger partial charge in [-0.1, -0.05) is 6.92 Å². The Labute approximate surface area is 91.8 Å². The summed E-state index contributed by atoms with van der Waals surface area (Å²) >= 11 is 0. The van der Waals surface area contributed by atoms with Crippen LogP contribution in [0, 0.1) is 0 Å². The third-order valence-corrected chi connectivity index (χ3v) is 2.60. The maximum absolute atomic E-state index is 10.9. The van der Waals surface area contributed by atoms with Gasteiger partial charge in [-0.2, -0.15) is 0 Å². The van der Waals surface area contributed by atoms with Gasteiger partial charge in [-0.15, -0.1) is 0 Å². The van der Waals surface area contributed by atoms with E-state index in [0.29, 0.717) is 12.5 Å². The molecule has 4 heteroatoms. The quantitative estimate of drug-likeness (QED) is 0.639. The lowest BCUT2D eigenvalue weighted by Gasteiger charge is -2.22. The second kappa shape index (κ2) is 7.65. The summed E-state index contributed by atoms with van der Waals surface area (Å²) in [5.74, 6) is 0.122. The zero-order valence-corrected chi connectivity index (χ0v) is 9.55. The van der Waals surface area contributed by atoms with Crippen LogP contribution in [0.25, 0.3) is 0 Å². The number of rotatable bonds is 6. The van der Waals surface area contributed by atoms with Crippen molar-refractivity contribution < 1.29 is 9.53 Å². The highest BCUT2D eigenvalue weighted by molar-refractivity contribution is 5.75. The van der Waals surface area contributed by atoms with Crippen molar-refractivity contribution in [2.75, 3.05) is 26.2 Å². The van der Waals surface area contributed by atoms with E-state index in [1.165, 1.54) is 0 Å². The lowest BCUT2D eigenvalue weighted by atomic mass is 10.1. The normalized spacial score (nSPS) is 17.7. The Bertz CT molecular complexity index is 179. The van der Waals surface area contributed by atoms with Gasteiger partial charge < -0.3 is 15.4 Å². The Hall–Kier alpha value is -0.610. The standard InChI is InChI=1S/C11H22N2O2/c1-2-11(14)13-6-3-9-15-10-4-7-12-8-5-10/h10,12H,2-9H2,1H3,(H,13,14). The molecule has 0 aliphatic carbocycles. The van der Waals surface area contributed by atoms with E-state index in [9.17, 15) is 4.79 Å². The molecule has 1 aliphatic heterocycles.